The van der Waals surface area contributed by atoms with Gasteiger partial charge < -0.3 is 15.4 Å². The van der Waals surface area contributed by atoms with E-state index in [0.717, 1.165) is 42.7 Å². The lowest BCUT2D eigenvalue weighted by atomic mass is 9.97. The Morgan fingerprint density at radius 1 is 1.45 bits per heavy atom. The number of imidazole rings is 1. The van der Waals surface area contributed by atoms with E-state index >= 15 is 0 Å². The molecule has 108 valence electrons. The largest absolute Gasteiger partial charge is 0.389 e. The molecule has 1 saturated carbocycles. The maximum atomic E-state index is 10.7. The number of nitrogens with two attached hydrogens (primary N) is 1. The molecule has 0 saturated heterocycles. The first-order chi connectivity index (χ1) is 9.61. The second-order valence-electron chi connectivity index (χ2n) is 6.07. The van der Waals surface area contributed by atoms with Crippen molar-refractivity contribution in [1.29, 1.82) is 0 Å². The van der Waals surface area contributed by atoms with Gasteiger partial charge in [-0.05, 0) is 37.8 Å². The van der Waals surface area contributed by atoms with Crippen LogP contribution in [0.25, 0.3) is 11.0 Å². The summed E-state index contributed by atoms with van der Waals surface area (Å²) in [5, 5.41) is 10.7. The minimum atomic E-state index is -0.674. The lowest BCUT2D eigenvalue weighted by Crippen LogP contribution is -2.31. The predicted octanol–water partition coefficient (Wildman–Crippen LogP) is 2.23. The monoisotopic (exact) mass is 273 g/mol. The summed E-state index contributed by atoms with van der Waals surface area (Å²) < 4.78 is 2.25. The Balaban J connectivity index is 1.96. The zero-order chi connectivity index (χ0) is 14.2. The molecule has 0 amide bonds. The maximum Gasteiger partial charge on any atom is 0.112 e. The van der Waals surface area contributed by atoms with Crippen LogP contribution in [0.5, 0.6) is 0 Å². The van der Waals surface area contributed by atoms with Crippen molar-refractivity contribution in [2.75, 3.05) is 0 Å². The van der Waals surface area contributed by atoms with Gasteiger partial charge in [0.15, 0.2) is 0 Å². The summed E-state index contributed by atoms with van der Waals surface area (Å²) in [5.41, 5.74) is 7.45. The van der Waals surface area contributed by atoms with Crippen LogP contribution in [0.3, 0.4) is 0 Å². The SMILES string of the molecule is CCCn1c(CC2(O)CCC(N)C2)nc2ccccc21. The summed E-state index contributed by atoms with van der Waals surface area (Å²) in [7, 11) is 0. The van der Waals surface area contributed by atoms with Crippen molar-refractivity contribution in [3.05, 3.63) is 30.1 Å². The van der Waals surface area contributed by atoms with Crippen LogP contribution >= 0.6 is 0 Å². The molecule has 1 aromatic carbocycles. The fraction of sp³-hybridized carbons (Fsp3) is 0.562. The Bertz CT molecular complexity index is 607. The van der Waals surface area contributed by atoms with Gasteiger partial charge in [0.05, 0.1) is 16.6 Å². The number of aliphatic hydroxyl groups is 1. The summed E-state index contributed by atoms with van der Waals surface area (Å²) in [6.45, 7) is 3.11. The third-order valence-corrected chi connectivity index (χ3v) is 4.29. The summed E-state index contributed by atoms with van der Waals surface area (Å²) in [4.78, 5) is 4.73. The highest BCUT2D eigenvalue weighted by molar-refractivity contribution is 5.75. The van der Waals surface area contributed by atoms with E-state index in [1.54, 1.807) is 0 Å². The van der Waals surface area contributed by atoms with Crippen LogP contribution in [0.4, 0.5) is 0 Å². The maximum absolute atomic E-state index is 10.7. The number of hydrogen-bond donors (Lipinski definition) is 2. The number of para-hydroxylation sites is 2. The van der Waals surface area contributed by atoms with E-state index in [1.807, 2.05) is 18.2 Å². The van der Waals surface area contributed by atoms with E-state index in [0.29, 0.717) is 12.8 Å². The number of nitrogens with zero attached hydrogens (tertiary/aromatic N) is 2. The van der Waals surface area contributed by atoms with E-state index in [2.05, 4.69) is 17.6 Å². The van der Waals surface area contributed by atoms with Crippen molar-refractivity contribution < 1.29 is 5.11 Å². The zero-order valence-corrected chi connectivity index (χ0v) is 12.0. The van der Waals surface area contributed by atoms with Crippen LogP contribution in [0, 0.1) is 0 Å². The molecule has 2 unspecified atom stereocenters. The molecular formula is C16H23N3O. The van der Waals surface area contributed by atoms with Crippen LogP contribution in [-0.2, 0) is 13.0 Å². The van der Waals surface area contributed by atoms with Gasteiger partial charge in [-0.2, -0.15) is 0 Å². The second-order valence-corrected chi connectivity index (χ2v) is 6.07. The smallest absolute Gasteiger partial charge is 0.112 e. The quantitative estimate of drug-likeness (QED) is 0.898. The first kappa shape index (κ1) is 13.6. The van der Waals surface area contributed by atoms with Gasteiger partial charge in [-0.1, -0.05) is 19.1 Å². The van der Waals surface area contributed by atoms with Crippen molar-refractivity contribution in [3.63, 3.8) is 0 Å². The molecule has 0 bridgehead atoms. The highest BCUT2D eigenvalue weighted by Crippen LogP contribution is 2.32. The molecule has 1 aliphatic carbocycles. The predicted molar refractivity (Wildman–Crippen MR) is 80.5 cm³/mol. The molecule has 1 heterocycles. The van der Waals surface area contributed by atoms with Crippen molar-refractivity contribution in [1.82, 2.24) is 9.55 Å². The van der Waals surface area contributed by atoms with Crippen molar-refractivity contribution >= 4 is 11.0 Å². The normalized spacial score (nSPS) is 26.4. The first-order valence-corrected chi connectivity index (χ1v) is 7.53. The lowest BCUT2D eigenvalue weighted by Gasteiger charge is -2.22. The topological polar surface area (TPSA) is 64.1 Å². The van der Waals surface area contributed by atoms with Gasteiger partial charge in [0.25, 0.3) is 0 Å². The molecule has 0 radical (unpaired) electrons. The average Bonchev–Trinajstić information content (AvgIpc) is 2.92. The van der Waals surface area contributed by atoms with E-state index < -0.39 is 5.60 Å². The van der Waals surface area contributed by atoms with Gasteiger partial charge in [0.1, 0.15) is 5.82 Å². The molecule has 3 N–H and O–H groups in total. The fourth-order valence-electron chi connectivity index (χ4n) is 3.33. The highest BCUT2D eigenvalue weighted by Gasteiger charge is 2.37. The minimum absolute atomic E-state index is 0.129. The second kappa shape index (κ2) is 5.19. The number of benzene rings is 1. The molecule has 4 nitrogen and oxygen atoms in total. The third-order valence-electron chi connectivity index (χ3n) is 4.29. The Morgan fingerprint density at radius 3 is 2.95 bits per heavy atom. The fourth-order valence-corrected chi connectivity index (χ4v) is 3.33. The van der Waals surface area contributed by atoms with Gasteiger partial charge in [0, 0.05) is 19.0 Å². The summed E-state index contributed by atoms with van der Waals surface area (Å²) in [6, 6.07) is 8.32. The Kier molecular flexibility index (Phi) is 3.52. The van der Waals surface area contributed by atoms with Gasteiger partial charge in [-0.3, -0.25) is 0 Å². The van der Waals surface area contributed by atoms with Gasteiger partial charge >= 0.3 is 0 Å². The summed E-state index contributed by atoms with van der Waals surface area (Å²) in [6.07, 6.45) is 4.04. The molecule has 4 heteroatoms. The molecule has 2 aromatic rings. The number of fused-ring (bicyclic) bond motifs is 1. The molecule has 20 heavy (non-hydrogen) atoms. The molecule has 1 aliphatic rings. The van der Waals surface area contributed by atoms with Crippen LogP contribution in [0.2, 0.25) is 0 Å². The van der Waals surface area contributed by atoms with E-state index in [-0.39, 0.29) is 6.04 Å². The van der Waals surface area contributed by atoms with Crippen molar-refractivity contribution in [2.45, 2.75) is 57.2 Å². The Morgan fingerprint density at radius 2 is 2.25 bits per heavy atom. The Labute approximate surface area is 119 Å². The molecular weight excluding hydrogens is 250 g/mol. The van der Waals surface area contributed by atoms with Gasteiger partial charge in [0.2, 0.25) is 0 Å². The third kappa shape index (κ3) is 2.45. The van der Waals surface area contributed by atoms with Gasteiger partial charge in [-0.15, -0.1) is 0 Å². The van der Waals surface area contributed by atoms with E-state index in [1.165, 1.54) is 0 Å². The number of aromatic nitrogens is 2. The van der Waals surface area contributed by atoms with Crippen molar-refractivity contribution in [3.8, 4) is 0 Å². The van der Waals surface area contributed by atoms with Crippen LogP contribution < -0.4 is 5.73 Å². The number of aryl methyl sites for hydroxylation is 1. The lowest BCUT2D eigenvalue weighted by molar-refractivity contribution is 0.0441. The number of rotatable bonds is 4. The average molecular weight is 273 g/mol. The molecule has 2 atom stereocenters. The van der Waals surface area contributed by atoms with Crippen LogP contribution in [0.1, 0.15) is 38.4 Å². The highest BCUT2D eigenvalue weighted by atomic mass is 16.3. The van der Waals surface area contributed by atoms with Crippen LogP contribution in [-0.4, -0.2) is 26.3 Å². The molecule has 1 aromatic heterocycles. The molecule has 1 fully saturated rings. The minimum Gasteiger partial charge on any atom is -0.389 e. The molecule has 0 spiro atoms. The molecule has 0 aliphatic heterocycles. The van der Waals surface area contributed by atoms with E-state index in [9.17, 15) is 5.11 Å². The standard InChI is InChI=1S/C16H23N3O/c1-2-9-19-14-6-4-3-5-13(14)18-15(19)11-16(20)8-7-12(17)10-16/h3-6,12,20H,2,7-11,17H2,1H3. The van der Waals surface area contributed by atoms with Crippen LogP contribution in [0.15, 0.2) is 24.3 Å². The summed E-state index contributed by atoms with van der Waals surface area (Å²) in [5.74, 6) is 0.990. The van der Waals surface area contributed by atoms with E-state index in [4.69, 9.17) is 10.7 Å². The zero-order valence-electron chi connectivity index (χ0n) is 12.0. The summed E-state index contributed by atoms with van der Waals surface area (Å²) >= 11 is 0. The van der Waals surface area contributed by atoms with Crippen molar-refractivity contribution in [2.24, 2.45) is 5.73 Å². The Hall–Kier alpha value is -1.39. The number of hydrogen-bond acceptors (Lipinski definition) is 3. The van der Waals surface area contributed by atoms with Gasteiger partial charge in [-0.25, -0.2) is 4.98 Å². The molecule has 3 rings (SSSR count). The first-order valence-electron chi connectivity index (χ1n) is 7.53.